The first-order valence-electron chi connectivity index (χ1n) is 4.24. The van der Waals surface area contributed by atoms with Crippen LogP contribution in [0.1, 0.15) is 16.5 Å². The molecule has 0 bridgehead atoms. The monoisotopic (exact) mass is 268 g/mol. The van der Waals surface area contributed by atoms with Crippen LogP contribution in [0.2, 0.25) is 0 Å². The molecular formula is C11H9BrOS. The lowest BCUT2D eigenvalue weighted by molar-refractivity contribution is 0.224. The highest BCUT2D eigenvalue weighted by atomic mass is 79.9. The highest BCUT2D eigenvalue weighted by molar-refractivity contribution is 9.10. The van der Waals surface area contributed by atoms with Gasteiger partial charge in [0, 0.05) is 14.7 Å². The highest BCUT2D eigenvalue weighted by Gasteiger charge is 2.11. The number of hydrogen-bond acceptors (Lipinski definition) is 2. The van der Waals surface area contributed by atoms with Crippen LogP contribution in [0.15, 0.2) is 46.3 Å². The highest BCUT2D eigenvalue weighted by Crippen LogP contribution is 2.29. The summed E-state index contributed by atoms with van der Waals surface area (Å²) in [7, 11) is 0. The summed E-state index contributed by atoms with van der Waals surface area (Å²) >= 11 is 4.93. The van der Waals surface area contributed by atoms with Crippen LogP contribution in [-0.4, -0.2) is 5.11 Å². The summed E-state index contributed by atoms with van der Waals surface area (Å²) in [6, 6.07) is 11.6. The lowest BCUT2D eigenvalue weighted by Gasteiger charge is -2.07. The predicted molar refractivity (Wildman–Crippen MR) is 62.5 cm³/mol. The third-order valence-electron chi connectivity index (χ3n) is 1.97. The number of hydrogen-bond donors (Lipinski definition) is 1. The van der Waals surface area contributed by atoms with Gasteiger partial charge in [0.15, 0.2) is 0 Å². The topological polar surface area (TPSA) is 20.2 Å². The second-order valence-corrected chi connectivity index (χ2v) is 4.84. The number of thiophene rings is 1. The Morgan fingerprint density at radius 2 is 1.93 bits per heavy atom. The normalized spacial score (nSPS) is 12.7. The van der Waals surface area contributed by atoms with Gasteiger partial charge >= 0.3 is 0 Å². The predicted octanol–water partition coefficient (Wildman–Crippen LogP) is 3.59. The number of halogens is 1. The van der Waals surface area contributed by atoms with Crippen LogP contribution >= 0.6 is 27.3 Å². The van der Waals surface area contributed by atoms with Crippen LogP contribution in [0.4, 0.5) is 0 Å². The van der Waals surface area contributed by atoms with Gasteiger partial charge in [0.2, 0.25) is 0 Å². The molecule has 2 aromatic rings. The van der Waals surface area contributed by atoms with E-state index in [9.17, 15) is 5.11 Å². The summed E-state index contributed by atoms with van der Waals surface area (Å²) in [6.45, 7) is 0. The molecule has 0 saturated carbocycles. The van der Waals surface area contributed by atoms with Gasteiger partial charge in [-0.3, -0.25) is 0 Å². The number of rotatable bonds is 2. The quantitative estimate of drug-likeness (QED) is 0.883. The fraction of sp³-hybridized carbons (Fsp3) is 0.0909. The molecular weight excluding hydrogens is 260 g/mol. The standard InChI is InChI=1S/C11H9BrOS/c12-9-6-10(14-7-9)11(13)8-4-2-1-3-5-8/h1-7,11,13H. The molecule has 1 nitrogen and oxygen atoms in total. The van der Waals surface area contributed by atoms with Crippen molar-refractivity contribution in [3.05, 3.63) is 56.7 Å². The lowest BCUT2D eigenvalue weighted by Crippen LogP contribution is -1.95. The maximum atomic E-state index is 9.99. The van der Waals surface area contributed by atoms with Crippen molar-refractivity contribution in [3.8, 4) is 0 Å². The van der Waals surface area contributed by atoms with E-state index in [1.807, 2.05) is 41.8 Å². The van der Waals surface area contributed by atoms with E-state index >= 15 is 0 Å². The molecule has 1 aromatic carbocycles. The van der Waals surface area contributed by atoms with Crippen molar-refractivity contribution < 1.29 is 5.11 Å². The van der Waals surface area contributed by atoms with E-state index in [1.54, 1.807) is 11.3 Å². The van der Waals surface area contributed by atoms with E-state index in [4.69, 9.17) is 0 Å². The van der Waals surface area contributed by atoms with Crippen LogP contribution < -0.4 is 0 Å². The van der Waals surface area contributed by atoms with Gasteiger partial charge in [-0.05, 0) is 27.6 Å². The maximum Gasteiger partial charge on any atom is 0.113 e. The fourth-order valence-corrected chi connectivity index (χ4v) is 2.73. The Bertz CT molecular complexity index is 410. The Hall–Kier alpha value is -0.640. The molecule has 1 unspecified atom stereocenters. The summed E-state index contributed by atoms with van der Waals surface area (Å²) in [4.78, 5) is 0.961. The minimum Gasteiger partial charge on any atom is -0.383 e. The SMILES string of the molecule is OC(c1ccccc1)c1cc(Br)cs1. The van der Waals surface area contributed by atoms with Gasteiger partial charge in [-0.2, -0.15) is 0 Å². The average molecular weight is 269 g/mol. The van der Waals surface area contributed by atoms with Crippen molar-refractivity contribution in [3.63, 3.8) is 0 Å². The third-order valence-corrected chi connectivity index (χ3v) is 3.72. The molecule has 2 rings (SSSR count). The minimum atomic E-state index is -0.507. The summed E-state index contributed by atoms with van der Waals surface area (Å²) in [6.07, 6.45) is -0.507. The van der Waals surface area contributed by atoms with Crippen LogP contribution in [0, 0.1) is 0 Å². The Balaban J connectivity index is 2.29. The van der Waals surface area contributed by atoms with E-state index in [-0.39, 0.29) is 0 Å². The van der Waals surface area contributed by atoms with Crippen molar-refractivity contribution in [2.24, 2.45) is 0 Å². The van der Waals surface area contributed by atoms with Crippen molar-refractivity contribution in [1.29, 1.82) is 0 Å². The first-order chi connectivity index (χ1) is 6.77. The average Bonchev–Trinajstić information content (AvgIpc) is 2.65. The van der Waals surface area contributed by atoms with Gasteiger partial charge in [0.25, 0.3) is 0 Å². The maximum absolute atomic E-state index is 9.99. The molecule has 1 heterocycles. The first kappa shape index (κ1) is 9.90. The molecule has 1 N–H and O–H groups in total. The van der Waals surface area contributed by atoms with Crippen LogP contribution in [0.5, 0.6) is 0 Å². The van der Waals surface area contributed by atoms with E-state index < -0.39 is 6.10 Å². The molecule has 72 valence electrons. The Labute approximate surface area is 95.2 Å². The van der Waals surface area contributed by atoms with Crippen LogP contribution in [0.25, 0.3) is 0 Å². The Kier molecular flexibility index (Phi) is 3.01. The van der Waals surface area contributed by atoms with E-state index in [0.29, 0.717) is 0 Å². The van der Waals surface area contributed by atoms with E-state index in [0.717, 1.165) is 14.9 Å². The summed E-state index contributed by atoms with van der Waals surface area (Å²) in [5.74, 6) is 0. The molecule has 0 saturated heterocycles. The van der Waals surface area contributed by atoms with Gasteiger partial charge in [-0.15, -0.1) is 11.3 Å². The zero-order chi connectivity index (χ0) is 9.97. The van der Waals surface area contributed by atoms with Gasteiger partial charge in [0.05, 0.1) is 0 Å². The zero-order valence-corrected chi connectivity index (χ0v) is 9.75. The second kappa shape index (κ2) is 4.26. The molecule has 3 heteroatoms. The fourth-order valence-electron chi connectivity index (χ4n) is 1.27. The largest absolute Gasteiger partial charge is 0.383 e. The van der Waals surface area contributed by atoms with Crippen LogP contribution in [-0.2, 0) is 0 Å². The molecule has 0 aliphatic carbocycles. The molecule has 0 amide bonds. The first-order valence-corrected chi connectivity index (χ1v) is 5.91. The van der Waals surface area contributed by atoms with Gasteiger partial charge in [0.1, 0.15) is 6.10 Å². The van der Waals surface area contributed by atoms with Gasteiger partial charge in [-0.25, -0.2) is 0 Å². The van der Waals surface area contributed by atoms with Crippen molar-refractivity contribution in [2.45, 2.75) is 6.10 Å². The molecule has 1 aromatic heterocycles. The van der Waals surface area contributed by atoms with Crippen molar-refractivity contribution >= 4 is 27.3 Å². The molecule has 0 aliphatic rings. The summed E-state index contributed by atoms with van der Waals surface area (Å²) in [5.41, 5.74) is 0.932. The van der Waals surface area contributed by atoms with Crippen LogP contribution in [0.3, 0.4) is 0 Å². The van der Waals surface area contributed by atoms with E-state index in [1.165, 1.54) is 0 Å². The number of aliphatic hydroxyl groups excluding tert-OH is 1. The number of aliphatic hydroxyl groups is 1. The van der Waals surface area contributed by atoms with Crippen molar-refractivity contribution in [2.75, 3.05) is 0 Å². The van der Waals surface area contributed by atoms with E-state index in [2.05, 4.69) is 15.9 Å². The molecule has 0 radical (unpaired) electrons. The Morgan fingerprint density at radius 3 is 2.50 bits per heavy atom. The molecule has 0 aliphatic heterocycles. The lowest BCUT2D eigenvalue weighted by atomic mass is 10.1. The smallest absolute Gasteiger partial charge is 0.113 e. The summed E-state index contributed by atoms with van der Waals surface area (Å²) in [5, 5.41) is 12.0. The van der Waals surface area contributed by atoms with Gasteiger partial charge < -0.3 is 5.11 Å². The zero-order valence-electron chi connectivity index (χ0n) is 7.35. The molecule has 1 atom stereocenters. The molecule has 0 fully saturated rings. The summed E-state index contributed by atoms with van der Waals surface area (Å²) < 4.78 is 1.02. The molecule has 14 heavy (non-hydrogen) atoms. The second-order valence-electron chi connectivity index (χ2n) is 2.98. The number of benzene rings is 1. The Morgan fingerprint density at radius 1 is 1.21 bits per heavy atom. The third kappa shape index (κ3) is 2.05. The van der Waals surface area contributed by atoms with Crippen molar-refractivity contribution in [1.82, 2.24) is 0 Å². The minimum absolute atomic E-state index is 0.507. The van der Waals surface area contributed by atoms with Gasteiger partial charge in [-0.1, -0.05) is 30.3 Å². The molecule has 0 spiro atoms.